The van der Waals surface area contributed by atoms with Crippen molar-refractivity contribution in [3.63, 3.8) is 0 Å². The summed E-state index contributed by atoms with van der Waals surface area (Å²) in [5, 5.41) is 2.32. The van der Waals surface area contributed by atoms with Crippen molar-refractivity contribution in [1.29, 1.82) is 0 Å². The number of carbonyl (C=O) groups is 3. The maximum absolute atomic E-state index is 12.5. The summed E-state index contributed by atoms with van der Waals surface area (Å²) in [6.45, 7) is 2.17. The van der Waals surface area contributed by atoms with Crippen molar-refractivity contribution in [2.45, 2.75) is 13.3 Å². The van der Waals surface area contributed by atoms with Crippen LogP contribution in [0.5, 0.6) is 11.5 Å². The molecule has 0 atom stereocenters. The molecule has 0 radical (unpaired) electrons. The van der Waals surface area contributed by atoms with Gasteiger partial charge in [-0.2, -0.15) is 0 Å². The van der Waals surface area contributed by atoms with Gasteiger partial charge in [0.25, 0.3) is 17.1 Å². The van der Waals surface area contributed by atoms with Crippen molar-refractivity contribution in [1.82, 2.24) is 10.2 Å². The van der Waals surface area contributed by atoms with Gasteiger partial charge >= 0.3 is 0 Å². The number of nitrogens with zero attached hydrogens (tertiary/aromatic N) is 1. The first kappa shape index (κ1) is 22.4. The number of rotatable bonds is 9. The molecule has 1 heterocycles. The van der Waals surface area contributed by atoms with E-state index >= 15 is 0 Å². The number of nitrogens with one attached hydrogen (secondary N) is 1. The fraction of sp³-hybridized carbons (Fsp3) is 0.261. The molecule has 1 N–H and O–H groups in total. The van der Waals surface area contributed by atoms with Crippen LogP contribution in [0.2, 0.25) is 0 Å². The Hall–Kier alpha value is -3.26. The standard InChI is InChI=1S/C23H24N2O5S/c1-3-16-5-4-6-19(13-16)30-15-21(26)24-11-12-25-22(27)20(31-23(25)28)14-17-7-9-18(29-2)10-8-17/h4-10,13-14H,3,11-12,15H2,1-2H3,(H,24,26)/b20-14+. The van der Waals surface area contributed by atoms with Gasteiger partial charge in [-0.1, -0.05) is 31.2 Å². The fourth-order valence-corrected chi connectivity index (χ4v) is 3.77. The lowest BCUT2D eigenvalue weighted by atomic mass is 10.2. The molecule has 31 heavy (non-hydrogen) atoms. The zero-order valence-corrected chi connectivity index (χ0v) is 18.2. The highest BCUT2D eigenvalue weighted by molar-refractivity contribution is 8.18. The summed E-state index contributed by atoms with van der Waals surface area (Å²) in [5.41, 5.74) is 1.92. The molecule has 2 aromatic carbocycles. The second-order valence-corrected chi connectivity index (χ2v) is 7.74. The maximum atomic E-state index is 12.5. The van der Waals surface area contributed by atoms with Crippen LogP contribution in [0.25, 0.3) is 6.08 Å². The Morgan fingerprint density at radius 1 is 1.13 bits per heavy atom. The van der Waals surface area contributed by atoms with Gasteiger partial charge in [0.2, 0.25) is 0 Å². The van der Waals surface area contributed by atoms with Gasteiger partial charge in [0.15, 0.2) is 6.61 Å². The number of benzene rings is 2. The van der Waals surface area contributed by atoms with Gasteiger partial charge in [0.1, 0.15) is 11.5 Å². The van der Waals surface area contributed by atoms with Crippen molar-refractivity contribution < 1.29 is 23.9 Å². The van der Waals surface area contributed by atoms with Crippen molar-refractivity contribution in [2.75, 3.05) is 26.8 Å². The largest absolute Gasteiger partial charge is 0.497 e. The lowest BCUT2D eigenvalue weighted by Crippen LogP contribution is -2.38. The Kier molecular flexibility index (Phi) is 7.72. The lowest BCUT2D eigenvalue weighted by molar-refractivity contribution is -0.125. The number of amides is 3. The third kappa shape index (κ3) is 6.11. The first-order valence-electron chi connectivity index (χ1n) is 9.88. The van der Waals surface area contributed by atoms with E-state index in [-0.39, 0.29) is 36.7 Å². The van der Waals surface area contributed by atoms with E-state index in [9.17, 15) is 14.4 Å². The average molecular weight is 441 g/mol. The lowest BCUT2D eigenvalue weighted by Gasteiger charge is -2.13. The molecule has 1 aliphatic rings. The van der Waals surface area contributed by atoms with Gasteiger partial charge in [0.05, 0.1) is 12.0 Å². The van der Waals surface area contributed by atoms with Crippen LogP contribution in [0, 0.1) is 0 Å². The minimum atomic E-state index is -0.368. The molecule has 3 amide bonds. The molecule has 1 aliphatic heterocycles. The summed E-state index contributed by atoms with van der Waals surface area (Å²) in [4.78, 5) is 38.2. The molecule has 7 nitrogen and oxygen atoms in total. The Bertz CT molecular complexity index is 988. The molecular weight excluding hydrogens is 416 g/mol. The summed E-state index contributed by atoms with van der Waals surface area (Å²) in [6, 6.07) is 14.7. The molecule has 1 fully saturated rings. The summed E-state index contributed by atoms with van der Waals surface area (Å²) in [6.07, 6.45) is 2.55. The predicted octanol–water partition coefficient (Wildman–Crippen LogP) is 3.49. The third-order valence-corrected chi connectivity index (χ3v) is 5.53. The van der Waals surface area contributed by atoms with Crippen molar-refractivity contribution >= 4 is 34.9 Å². The van der Waals surface area contributed by atoms with Crippen LogP contribution in [-0.4, -0.2) is 48.8 Å². The van der Waals surface area contributed by atoms with E-state index in [1.165, 1.54) is 0 Å². The second kappa shape index (κ2) is 10.7. The van der Waals surface area contributed by atoms with E-state index in [0.29, 0.717) is 16.4 Å². The molecule has 1 saturated heterocycles. The Morgan fingerprint density at radius 2 is 1.90 bits per heavy atom. The van der Waals surface area contributed by atoms with Gasteiger partial charge in [-0.25, -0.2) is 0 Å². The van der Waals surface area contributed by atoms with Crippen molar-refractivity contribution in [2.24, 2.45) is 0 Å². The van der Waals surface area contributed by atoms with Gasteiger partial charge < -0.3 is 14.8 Å². The second-order valence-electron chi connectivity index (χ2n) is 6.75. The smallest absolute Gasteiger partial charge is 0.293 e. The third-order valence-electron chi connectivity index (χ3n) is 4.62. The molecule has 162 valence electrons. The van der Waals surface area contributed by atoms with E-state index in [4.69, 9.17) is 9.47 Å². The Balaban J connectivity index is 1.47. The van der Waals surface area contributed by atoms with E-state index in [1.807, 2.05) is 37.3 Å². The van der Waals surface area contributed by atoms with Crippen LogP contribution in [0.15, 0.2) is 53.4 Å². The average Bonchev–Trinajstić information content (AvgIpc) is 3.05. The quantitative estimate of drug-likeness (QED) is 0.601. The molecule has 3 rings (SSSR count). The fourth-order valence-electron chi connectivity index (χ4n) is 2.91. The monoisotopic (exact) mass is 440 g/mol. The first-order chi connectivity index (χ1) is 15.0. The van der Waals surface area contributed by atoms with Crippen LogP contribution in [0.1, 0.15) is 18.1 Å². The number of ether oxygens (including phenoxy) is 2. The highest BCUT2D eigenvalue weighted by Crippen LogP contribution is 2.32. The number of carbonyl (C=O) groups excluding carboxylic acids is 3. The zero-order valence-electron chi connectivity index (χ0n) is 17.4. The van der Waals surface area contributed by atoms with Crippen LogP contribution >= 0.6 is 11.8 Å². The molecule has 0 aliphatic carbocycles. The molecule has 2 aromatic rings. The maximum Gasteiger partial charge on any atom is 0.293 e. The van der Waals surface area contributed by atoms with Gasteiger partial charge in [-0.05, 0) is 59.7 Å². The topological polar surface area (TPSA) is 84.9 Å². The van der Waals surface area contributed by atoms with Crippen LogP contribution in [0.3, 0.4) is 0 Å². The van der Waals surface area contributed by atoms with Gasteiger partial charge in [-0.3, -0.25) is 19.3 Å². The van der Waals surface area contributed by atoms with Crippen LogP contribution < -0.4 is 14.8 Å². The number of hydrogen-bond acceptors (Lipinski definition) is 6. The SMILES string of the molecule is CCc1cccc(OCC(=O)NCCN2C(=O)S/C(=C/c3ccc(OC)cc3)C2=O)c1. The van der Waals surface area contributed by atoms with Crippen molar-refractivity contribution in [3.8, 4) is 11.5 Å². The Labute approximate surface area is 185 Å². The van der Waals surface area contributed by atoms with E-state index in [1.54, 1.807) is 31.4 Å². The van der Waals surface area contributed by atoms with E-state index in [0.717, 1.165) is 34.2 Å². The zero-order chi connectivity index (χ0) is 22.2. The number of methoxy groups -OCH3 is 1. The molecule has 8 heteroatoms. The summed E-state index contributed by atoms with van der Waals surface area (Å²) in [5.74, 6) is 0.655. The van der Waals surface area contributed by atoms with E-state index < -0.39 is 0 Å². The number of imide groups is 1. The molecule has 0 saturated carbocycles. The number of hydrogen-bond donors (Lipinski definition) is 1. The molecule has 0 unspecified atom stereocenters. The summed E-state index contributed by atoms with van der Waals surface area (Å²) in [7, 11) is 1.58. The highest BCUT2D eigenvalue weighted by atomic mass is 32.2. The number of aryl methyl sites for hydroxylation is 1. The minimum Gasteiger partial charge on any atom is -0.497 e. The molecular formula is C23H24N2O5S. The number of thioether (sulfide) groups is 1. The molecule has 0 bridgehead atoms. The summed E-state index contributed by atoms with van der Waals surface area (Å²) < 4.78 is 10.6. The Morgan fingerprint density at radius 3 is 2.61 bits per heavy atom. The van der Waals surface area contributed by atoms with Gasteiger partial charge in [0, 0.05) is 13.1 Å². The summed E-state index contributed by atoms with van der Waals surface area (Å²) >= 11 is 0.886. The van der Waals surface area contributed by atoms with Crippen LogP contribution in [0.4, 0.5) is 4.79 Å². The molecule has 0 aromatic heterocycles. The normalized spacial score (nSPS) is 14.8. The highest BCUT2D eigenvalue weighted by Gasteiger charge is 2.34. The van der Waals surface area contributed by atoms with Gasteiger partial charge in [-0.15, -0.1) is 0 Å². The van der Waals surface area contributed by atoms with Crippen molar-refractivity contribution in [3.05, 3.63) is 64.6 Å². The van der Waals surface area contributed by atoms with E-state index in [2.05, 4.69) is 5.32 Å². The minimum absolute atomic E-state index is 0.0989. The first-order valence-corrected chi connectivity index (χ1v) is 10.7. The van der Waals surface area contributed by atoms with Crippen LogP contribution in [-0.2, 0) is 16.0 Å². The molecule has 0 spiro atoms. The predicted molar refractivity (Wildman–Crippen MR) is 120 cm³/mol.